The van der Waals surface area contributed by atoms with Crippen LogP contribution in [0.15, 0.2) is 41.8 Å². The zero-order chi connectivity index (χ0) is 13.0. The maximum absolute atomic E-state index is 6.26. The molecule has 0 radical (unpaired) electrons. The Morgan fingerprint density at radius 2 is 2.11 bits per heavy atom. The Kier molecular flexibility index (Phi) is 4.39. The van der Waals surface area contributed by atoms with Gasteiger partial charge in [-0.1, -0.05) is 18.2 Å². The number of nitrogens with two attached hydrogens (primary N) is 1. The van der Waals surface area contributed by atoms with Gasteiger partial charge in [-0.3, -0.25) is 0 Å². The van der Waals surface area contributed by atoms with Crippen molar-refractivity contribution in [2.24, 2.45) is 5.73 Å². The minimum atomic E-state index is 0.0884. The van der Waals surface area contributed by atoms with Gasteiger partial charge in [-0.05, 0) is 43.0 Å². The van der Waals surface area contributed by atoms with Gasteiger partial charge in [-0.15, -0.1) is 11.3 Å². The van der Waals surface area contributed by atoms with Gasteiger partial charge in [0.2, 0.25) is 0 Å². The fourth-order valence-corrected chi connectivity index (χ4v) is 2.79. The molecule has 0 saturated heterocycles. The average Bonchev–Trinajstić information content (AvgIpc) is 2.89. The number of aryl methyl sites for hydroxylation is 1. The molecule has 0 saturated carbocycles. The van der Waals surface area contributed by atoms with Gasteiger partial charge in [0.1, 0.15) is 0 Å². The largest absolute Gasteiger partial charge is 0.370 e. The Morgan fingerprint density at radius 1 is 1.28 bits per heavy atom. The molecule has 2 aromatic rings. The third kappa shape index (κ3) is 3.12. The van der Waals surface area contributed by atoms with Crippen LogP contribution in [0, 0.1) is 6.92 Å². The molecule has 1 atom stereocenters. The predicted octanol–water partition coefficient (Wildman–Crippen LogP) is 3.58. The topological polar surface area (TPSA) is 29.3 Å². The maximum atomic E-state index is 6.26. The first-order chi connectivity index (χ1) is 8.70. The van der Waals surface area contributed by atoms with Crippen LogP contribution in [0.3, 0.4) is 0 Å². The molecule has 2 nitrogen and oxygen atoms in total. The van der Waals surface area contributed by atoms with E-state index in [9.17, 15) is 0 Å². The minimum Gasteiger partial charge on any atom is -0.370 e. The van der Waals surface area contributed by atoms with E-state index in [0.717, 1.165) is 13.1 Å². The molecule has 18 heavy (non-hydrogen) atoms. The number of hydrogen-bond acceptors (Lipinski definition) is 3. The van der Waals surface area contributed by atoms with Crippen molar-refractivity contribution in [3.8, 4) is 0 Å². The van der Waals surface area contributed by atoms with Gasteiger partial charge in [0, 0.05) is 23.7 Å². The molecule has 3 heteroatoms. The van der Waals surface area contributed by atoms with Gasteiger partial charge in [-0.25, -0.2) is 0 Å². The van der Waals surface area contributed by atoms with E-state index in [1.165, 1.54) is 16.1 Å². The van der Waals surface area contributed by atoms with E-state index in [-0.39, 0.29) is 6.04 Å². The van der Waals surface area contributed by atoms with Crippen LogP contribution in [-0.2, 0) is 0 Å². The number of thiophene rings is 1. The van der Waals surface area contributed by atoms with Crippen molar-refractivity contribution in [3.05, 3.63) is 52.2 Å². The summed E-state index contributed by atoms with van der Waals surface area (Å²) < 4.78 is 0. The second-order valence-corrected chi connectivity index (χ2v) is 5.48. The molecule has 96 valence electrons. The lowest BCUT2D eigenvalue weighted by Gasteiger charge is -2.26. The Hall–Kier alpha value is -1.32. The Morgan fingerprint density at radius 3 is 2.72 bits per heavy atom. The molecular weight excluding hydrogens is 240 g/mol. The molecule has 1 aromatic carbocycles. The highest BCUT2D eigenvalue weighted by molar-refractivity contribution is 7.10. The van der Waals surface area contributed by atoms with Crippen molar-refractivity contribution < 1.29 is 0 Å². The first-order valence-electron chi connectivity index (χ1n) is 6.31. The van der Waals surface area contributed by atoms with E-state index in [1.807, 2.05) is 0 Å². The SMILES string of the molecule is CCN(CC(N)c1cccs1)c1cccc(C)c1. The average molecular weight is 260 g/mol. The zero-order valence-corrected chi connectivity index (χ0v) is 11.8. The number of hydrogen-bond donors (Lipinski definition) is 1. The Balaban J connectivity index is 2.10. The first-order valence-corrected chi connectivity index (χ1v) is 7.19. The summed E-state index contributed by atoms with van der Waals surface area (Å²) in [5.41, 5.74) is 8.80. The van der Waals surface area contributed by atoms with Crippen molar-refractivity contribution in [3.63, 3.8) is 0 Å². The molecule has 1 unspecified atom stereocenters. The molecule has 0 spiro atoms. The second kappa shape index (κ2) is 6.03. The normalized spacial score (nSPS) is 12.4. The molecule has 0 fully saturated rings. The molecule has 0 aliphatic heterocycles. The summed E-state index contributed by atoms with van der Waals surface area (Å²) in [6.07, 6.45) is 0. The number of nitrogens with zero attached hydrogens (tertiary/aromatic N) is 1. The maximum Gasteiger partial charge on any atom is 0.0567 e. The molecule has 2 rings (SSSR count). The lowest BCUT2D eigenvalue weighted by atomic mass is 10.2. The number of rotatable bonds is 5. The smallest absolute Gasteiger partial charge is 0.0567 e. The Labute approximate surface area is 113 Å². The third-order valence-corrected chi connectivity index (χ3v) is 4.08. The monoisotopic (exact) mass is 260 g/mol. The van der Waals surface area contributed by atoms with Crippen LogP contribution < -0.4 is 10.6 Å². The third-order valence-electron chi connectivity index (χ3n) is 3.07. The van der Waals surface area contributed by atoms with Gasteiger partial charge in [-0.2, -0.15) is 0 Å². The summed E-state index contributed by atoms with van der Waals surface area (Å²) in [7, 11) is 0. The van der Waals surface area contributed by atoms with Crippen molar-refractivity contribution in [2.45, 2.75) is 19.9 Å². The van der Waals surface area contributed by atoms with Gasteiger partial charge < -0.3 is 10.6 Å². The molecule has 0 bridgehead atoms. The molecule has 1 heterocycles. The summed E-state index contributed by atoms with van der Waals surface area (Å²) in [5, 5.41) is 2.08. The number of likely N-dealkylation sites (N-methyl/N-ethyl adjacent to an activating group) is 1. The van der Waals surface area contributed by atoms with Crippen molar-refractivity contribution >= 4 is 17.0 Å². The van der Waals surface area contributed by atoms with E-state index >= 15 is 0 Å². The van der Waals surface area contributed by atoms with Crippen LogP contribution >= 0.6 is 11.3 Å². The van der Waals surface area contributed by atoms with E-state index in [0.29, 0.717) is 0 Å². The second-order valence-electron chi connectivity index (χ2n) is 4.50. The van der Waals surface area contributed by atoms with E-state index in [2.05, 4.69) is 60.5 Å². The zero-order valence-electron chi connectivity index (χ0n) is 11.0. The minimum absolute atomic E-state index is 0.0884. The van der Waals surface area contributed by atoms with Crippen LogP contribution in [-0.4, -0.2) is 13.1 Å². The molecule has 0 amide bonds. The lowest BCUT2D eigenvalue weighted by molar-refractivity contribution is 0.686. The quantitative estimate of drug-likeness (QED) is 0.890. The predicted molar refractivity (Wildman–Crippen MR) is 80.3 cm³/mol. The summed E-state index contributed by atoms with van der Waals surface area (Å²) >= 11 is 1.73. The molecule has 2 N–H and O–H groups in total. The first kappa shape index (κ1) is 13.1. The summed E-state index contributed by atoms with van der Waals surface area (Å²) in [6.45, 7) is 6.13. The number of anilines is 1. The van der Waals surface area contributed by atoms with Crippen molar-refractivity contribution in [1.29, 1.82) is 0 Å². The highest BCUT2D eigenvalue weighted by Crippen LogP contribution is 2.21. The molecule has 0 aliphatic carbocycles. The highest BCUT2D eigenvalue weighted by Gasteiger charge is 2.12. The van der Waals surface area contributed by atoms with Gasteiger partial charge in [0.25, 0.3) is 0 Å². The van der Waals surface area contributed by atoms with Crippen LogP contribution in [0.4, 0.5) is 5.69 Å². The van der Waals surface area contributed by atoms with Crippen LogP contribution in [0.2, 0.25) is 0 Å². The number of benzene rings is 1. The van der Waals surface area contributed by atoms with Gasteiger partial charge in [0.05, 0.1) is 6.04 Å². The fourth-order valence-electron chi connectivity index (χ4n) is 2.07. The van der Waals surface area contributed by atoms with Crippen LogP contribution in [0.5, 0.6) is 0 Å². The van der Waals surface area contributed by atoms with E-state index < -0.39 is 0 Å². The summed E-state index contributed by atoms with van der Waals surface area (Å²) in [6, 6.07) is 12.8. The van der Waals surface area contributed by atoms with E-state index in [4.69, 9.17) is 5.73 Å². The molecular formula is C15H20N2S. The molecule has 0 aliphatic rings. The van der Waals surface area contributed by atoms with Crippen molar-refractivity contribution in [2.75, 3.05) is 18.0 Å². The van der Waals surface area contributed by atoms with E-state index in [1.54, 1.807) is 11.3 Å². The van der Waals surface area contributed by atoms with Crippen LogP contribution in [0.25, 0.3) is 0 Å². The summed E-state index contributed by atoms with van der Waals surface area (Å²) in [5.74, 6) is 0. The van der Waals surface area contributed by atoms with Gasteiger partial charge >= 0.3 is 0 Å². The molecule has 1 aromatic heterocycles. The lowest BCUT2D eigenvalue weighted by Crippen LogP contribution is -2.31. The fraction of sp³-hybridized carbons (Fsp3) is 0.333. The summed E-state index contributed by atoms with van der Waals surface area (Å²) in [4.78, 5) is 3.58. The Bertz CT molecular complexity index is 479. The van der Waals surface area contributed by atoms with Crippen LogP contribution in [0.1, 0.15) is 23.4 Å². The van der Waals surface area contributed by atoms with Crippen molar-refractivity contribution in [1.82, 2.24) is 0 Å². The highest BCUT2D eigenvalue weighted by atomic mass is 32.1. The standard InChI is InChI=1S/C15H20N2S/c1-3-17(13-7-4-6-12(2)10-13)11-14(16)15-8-5-9-18-15/h4-10,14H,3,11,16H2,1-2H3. The van der Waals surface area contributed by atoms with Gasteiger partial charge in [0.15, 0.2) is 0 Å².